The summed E-state index contributed by atoms with van der Waals surface area (Å²) in [7, 11) is 0. The SMILES string of the molecule is CC(=O)O.N#Cc1ccc(C[C@@H]2CN(Cc3ccccc3)CCN2)cc1. The zero-order valence-electron chi connectivity index (χ0n) is 15.1. The van der Waals surface area contributed by atoms with Crippen molar-refractivity contribution >= 4 is 5.97 Å². The summed E-state index contributed by atoms with van der Waals surface area (Å²) in [6.07, 6.45) is 1.01. The molecule has 3 rings (SSSR count). The van der Waals surface area contributed by atoms with E-state index in [1.54, 1.807) is 0 Å². The number of nitrogens with one attached hydrogen (secondary N) is 1. The minimum Gasteiger partial charge on any atom is -0.481 e. The van der Waals surface area contributed by atoms with Crippen LogP contribution >= 0.6 is 0 Å². The van der Waals surface area contributed by atoms with E-state index in [0.717, 1.165) is 45.1 Å². The lowest BCUT2D eigenvalue weighted by atomic mass is 10.0. The van der Waals surface area contributed by atoms with E-state index in [2.05, 4.69) is 58.8 Å². The third kappa shape index (κ3) is 7.06. The van der Waals surface area contributed by atoms with Crippen LogP contribution < -0.4 is 5.32 Å². The van der Waals surface area contributed by atoms with Crippen LogP contribution in [0.3, 0.4) is 0 Å². The second-order valence-corrected chi connectivity index (χ2v) is 6.40. The van der Waals surface area contributed by atoms with Crippen molar-refractivity contribution < 1.29 is 9.90 Å². The van der Waals surface area contributed by atoms with Crippen molar-refractivity contribution in [3.05, 3.63) is 71.3 Å². The Kier molecular flexibility index (Phi) is 7.81. The zero-order valence-corrected chi connectivity index (χ0v) is 15.1. The average Bonchev–Trinajstić information content (AvgIpc) is 2.63. The van der Waals surface area contributed by atoms with Crippen molar-refractivity contribution in [3.8, 4) is 6.07 Å². The minimum atomic E-state index is -0.833. The Morgan fingerprint density at radius 3 is 2.46 bits per heavy atom. The van der Waals surface area contributed by atoms with E-state index >= 15 is 0 Å². The van der Waals surface area contributed by atoms with Gasteiger partial charge in [-0.3, -0.25) is 9.69 Å². The van der Waals surface area contributed by atoms with Gasteiger partial charge in [-0.15, -0.1) is 0 Å². The molecular formula is C21H25N3O2. The quantitative estimate of drug-likeness (QED) is 0.886. The molecule has 5 nitrogen and oxygen atoms in total. The lowest BCUT2D eigenvalue weighted by Crippen LogP contribution is -2.51. The van der Waals surface area contributed by atoms with Crippen LogP contribution in [-0.4, -0.2) is 41.7 Å². The fourth-order valence-corrected chi connectivity index (χ4v) is 3.02. The average molecular weight is 351 g/mol. The second-order valence-electron chi connectivity index (χ2n) is 6.40. The van der Waals surface area contributed by atoms with Gasteiger partial charge in [-0.05, 0) is 29.7 Å². The van der Waals surface area contributed by atoms with Gasteiger partial charge in [0.1, 0.15) is 0 Å². The van der Waals surface area contributed by atoms with Crippen molar-refractivity contribution in [3.63, 3.8) is 0 Å². The van der Waals surface area contributed by atoms with Crippen molar-refractivity contribution in [2.45, 2.75) is 25.9 Å². The van der Waals surface area contributed by atoms with Gasteiger partial charge in [0.25, 0.3) is 5.97 Å². The summed E-state index contributed by atoms with van der Waals surface area (Å²) in [6.45, 7) is 5.30. The summed E-state index contributed by atoms with van der Waals surface area (Å²) < 4.78 is 0. The van der Waals surface area contributed by atoms with Gasteiger partial charge in [-0.2, -0.15) is 5.26 Å². The molecule has 1 heterocycles. The Balaban J connectivity index is 0.000000552. The highest BCUT2D eigenvalue weighted by Gasteiger charge is 2.19. The predicted octanol–water partition coefficient (Wildman–Crippen LogP) is 2.67. The molecule has 0 saturated carbocycles. The van der Waals surface area contributed by atoms with Gasteiger partial charge in [0.15, 0.2) is 0 Å². The van der Waals surface area contributed by atoms with Crippen LogP contribution in [0.4, 0.5) is 0 Å². The van der Waals surface area contributed by atoms with Crippen molar-refractivity contribution in [2.24, 2.45) is 0 Å². The third-order valence-corrected chi connectivity index (χ3v) is 4.15. The zero-order chi connectivity index (χ0) is 18.8. The minimum absolute atomic E-state index is 0.477. The first-order chi connectivity index (χ1) is 12.6. The smallest absolute Gasteiger partial charge is 0.300 e. The Morgan fingerprint density at radius 1 is 1.19 bits per heavy atom. The Labute approximate surface area is 154 Å². The van der Waals surface area contributed by atoms with Gasteiger partial charge in [0, 0.05) is 39.1 Å². The van der Waals surface area contributed by atoms with Crippen LogP contribution in [0.2, 0.25) is 0 Å². The summed E-state index contributed by atoms with van der Waals surface area (Å²) in [4.78, 5) is 11.5. The molecule has 0 amide bonds. The van der Waals surface area contributed by atoms with Crippen LogP contribution in [0.1, 0.15) is 23.6 Å². The van der Waals surface area contributed by atoms with Crippen LogP contribution in [0.5, 0.6) is 0 Å². The molecule has 0 aliphatic carbocycles. The molecule has 26 heavy (non-hydrogen) atoms. The number of piperazine rings is 1. The van der Waals surface area contributed by atoms with E-state index in [1.165, 1.54) is 11.1 Å². The normalized spacial score (nSPS) is 16.8. The van der Waals surface area contributed by atoms with Crippen molar-refractivity contribution in [2.75, 3.05) is 19.6 Å². The largest absolute Gasteiger partial charge is 0.481 e. The van der Waals surface area contributed by atoms with E-state index < -0.39 is 5.97 Å². The molecule has 0 spiro atoms. The monoisotopic (exact) mass is 351 g/mol. The van der Waals surface area contributed by atoms with E-state index in [-0.39, 0.29) is 0 Å². The number of aliphatic carboxylic acids is 1. The Morgan fingerprint density at radius 2 is 1.85 bits per heavy atom. The predicted molar refractivity (Wildman–Crippen MR) is 102 cm³/mol. The van der Waals surface area contributed by atoms with Crippen LogP contribution in [0, 0.1) is 11.3 Å². The molecular weight excluding hydrogens is 326 g/mol. The number of carbonyl (C=O) groups is 1. The first-order valence-electron chi connectivity index (χ1n) is 8.75. The molecule has 0 aromatic heterocycles. The lowest BCUT2D eigenvalue weighted by molar-refractivity contribution is -0.134. The third-order valence-electron chi connectivity index (χ3n) is 4.15. The van der Waals surface area contributed by atoms with Crippen LogP contribution in [0.15, 0.2) is 54.6 Å². The molecule has 1 aliphatic rings. The highest BCUT2D eigenvalue weighted by Crippen LogP contribution is 2.12. The number of carboxylic acid groups (broad SMARTS) is 1. The number of benzene rings is 2. The topological polar surface area (TPSA) is 76.4 Å². The highest BCUT2D eigenvalue weighted by molar-refractivity contribution is 5.62. The van der Waals surface area contributed by atoms with Crippen LogP contribution in [0.25, 0.3) is 0 Å². The fourth-order valence-electron chi connectivity index (χ4n) is 3.02. The van der Waals surface area contributed by atoms with Gasteiger partial charge in [0.05, 0.1) is 11.6 Å². The Bertz CT molecular complexity index is 719. The number of rotatable bonds is 4. The highest BCUT2D eigenvalue weighted by atomic mass is 16.4. The molecule has 2 aromatic carbocycles. The number of carboxylic acids is 1. The van der Waals surface area contributed by atoms with Crippen molar-refractivity contribution in [1.29, 1.82) is 5.26 Å². The number of nitrogens with zero attached hydrogens (tertiary/aromatic N) is 2. The van der Waals surface area contributed by atoms with Gasteiger partial charge < -0.3 is 10.4 Å². The lowest BCUT2D eigenvalue weighted by Gasteiger charge is -2.34. The van der Waals surface area contributed by atoms with E-state index in [1.807, 2.05) is 12.1 Å². The van der Waals surface area contributed by atoms with Crippen LogP contribution in [-0.2, 0) is 17.8 Å². The number of nitriles is 1. The molecule has 0 unspecified atom stereocenters. The van der Waals surface area contributed by atoms with Gasteiger partial charge in [-0.25, -0.2) is 0 Å². The fraction of sp³-hybridized carbons (Fsp3) is 0.333. The molecule has 0 bridgehead atoms. The van der Waals surface area contributed by atoms with Gasteiger partial charge in [0.2, 0.25) is 0 Å². The standard InChI is InChI=1S/C19H21N3.C2H4O2/c20-13-17-8-6-16(7-9-17)12-19-15-22(11-10-21-19)14-18-4-2-1-3-5-18;1-2(3)4/h1-9,19,21H,10-12,14-15H2;1H3,(H,3,4)/t19-;/m1./s1. The number of hydrogen-bond donors (Lipinski definition) is 2. The second kappa shape index (κ2) is 10.3. The number of hydrogen-bond acceptors (Lipinski definition) is 4. The molecule has 1 atom stereocenters. The molecule has 1 aliphatic heterocycles. The van der Waals surface area contributed by atoms with Crippen molar-refractivity contribution in [1.82, 2.24) is 10.2 Å². The maximum Gasteiger partial charge on any atom is 0.300 e. The molecule has 136 valence electrons. The molecule has 0 radical (unpaired) electrons. The summed E-state index contributed by atoms with van der Waals surface area (Å²) in [5, 5.41) is 19.9. The summed E-state index contributed by atoms with van der Waals surface area (Å²) in [6, 6.07) is 21.2. The summed E-state index contributed by atoms with van der Waals surface area (Å²) >= 11 is 0. The van der Waals surface area contributed by atoms with E-state index in [9.17, 15) is 0 Å². The van der Waals surface area contributed by atoms with Gasteiger partial charge >= 0.3 is 0 Å². The molecule has 2 N–H and O–H groups in total. The molecule has 2 aromatic rings. The van der Waals surface area contributed by atoms with E-state index in [4.69, 9.17) is 15.2 Å². The Hall–Kier alpha value is -2.68. The first-order valence-corrected chi connectivity index (χ1v) is 8.75. The van der Waals surface area contributed by atoms with E-state index in [0.29, 0.717) is 6.04 Å². The summed E-state index contributed by atoms with van der Waals surface area (Å²) in [5.74, 6) is -0.833. The maximum atomic E-state index is 9.00. The summed E-state index contributed by atoms with van der Waals surface area (Å²) in [5.41, 5.74) is 3.39. The molecule has 5 heteroatoms. The first kappa shape index (κ1) is 19.6. The maximum absolute atomic E-state index is 9.00. The van der Waals surface area contributed by atoms with Gasteiger partial charge in [-0.1, -0.05) is 42.5 Å². The molecule has 1 fully saturated rings. The molecule has 1 saturated heterocycles.